The molecule has 128 valence electrons. The number of fused-ring (bicyclic) bond motifs is 2. The van der Waals surface area contributed by atoms with Crippen LogP contribution in [0.25, 0.3) is 21.9 Å². The Morgan fingerprint density at radius 2 is 1.62 bits per heavy atom. The molecule has 2 amide bonds. The maximum Gasteiger partial charge on any atom is 0.289 e. The van der Waals surface area contributed by atoms with Crippen LogP contribution in [-0.4, -0.2) is 26.3 Å². The first-order chi connectivity index (χ1) is 12.6. The van der Waals surface area contributed by atoms with E-state index in [1.165, 1.54) is 6.20 Å². The van der Waals surface area contributed by atoms with Crippen LogP contribution in [0.2, 0.25) is 0 Å². The number of benzene rings is 2. The van der Waals surface area contributed by atoms with E-state index in [1.54, 1.807) is 12.3 Å². The van der Waals surface area contributed by atoms with Gasteiger partial charge in [-0.15, -0.1) is 0 Å². The molecular formula is C19H15N5O2. The van der Waals surface area contributed by atoms with Gasteiger partial charge in [0, 0.05) is 24.1 Å². The molecule has 0 bridgehead atoms. The molecular weight excluding hydrogens is 330 g/mol. The molecule has 0 aliphatic rings. The molecule has 2 heterocycles. The third-order valence-electron chi connectivity index (χ3n) is 4.11. The van der Waals surface area contributed by atoms with Gasteiger partial charge in [0.2, 0.25) is 0 Å². The van der Waals surface area contributed by atoms with Gasteiger partial charge in [0.1, 0.15) is 5.69 Å². The number of amides is 2. The van der Waals surface area contributed by atoms with Gasteiger partial charge in [-0.05, 0) is 18.2 Å². The fraction of sp³-hybridized carbons (Fsp3) is 0.0526. The minimum absolute atomic E-state index is 0.127. The lowest BCUT2D eigenvalue weighted by atomic mass is 10.2. The normalized spacial score (nSPS) is 10.8. The number of aromatic nitrogens is 3. The minimum Gasteiger partial charge on any atom is -0.350 e. The molecule has 0 unspecified atom stereocenters. The van der Waals surface area contributed by atoms with Crippen molar-refractivity contribution in [2.45, 2.75) is 0 Å². The van der Waals surface area contributed by atoms with Crippen LogP contribution in [0.15, 0.2) is 60.9 Å². The van der Waals surface area contributed by atoms with Crippen LogP contribution in [0.5, 0.6) is 0 Å². The van der Waals surface area contributed by atoms with E-state index in [0.717, 1.165) is 10.9 Å². The number of nitrogens with zero attached hydrogens (tertiary/aromatic N) is 3. The Kier molecular flexibility index (Phi) is 3.81. The van der Waals surface area contributed by atoms with Gasteiger partial charge >= 0.3 is 0 Å². The van der Waals surface area contributed by atoms with Crippen molar-refractivity contribution in [3.8, 4) is 0 Å². The molecule has 2 aromatic carbocycles. The van der Waals surface area contributed by atoms with Crippen LogP contribution in [-0.2, 0) is 7.05 Å². The van der Waals surface area contributed by atoms with Crippen molar-refractivity contribution < 1.29 is 9.59 Å². The Morgan fingerprint density at radius 3 is 2.46 bits per heavy atom. The van der Waals surface area contributed by atoms with Gasteiger partial charge < -0.3 is 4.57 Å². The van der Waals surface area contributed by atoms with Gasteiger partial charge in [-0.2, -0.15) is 0 Å². The van der Waals surface area contributed by atoms with Gasteiger partial charge in [0.05, 0.1) is 22.8 Å². The molecule has 0 spiro atoms. The van der Waals surface area contributed by atoms with E-state index < -0.39 is 11.8 Å². The van der Waals surface area contributed by atoms with Gasteiger partial charge in [-0.25, -0.2) is 4.98 Å². The molecule has 7 nitrogen and oxygen atoms in total. The molecule has 0 atom stereocenters. The predicted molar refractivity (Wildman–Crippen MR) is 97.4 cm³/mol. The first-order valence-electron chi connectivity index (χ1n) is 8.00. The van der Waals surface area contributed by atoms with Crippen LogP contribution in [0.3, 0.4) is 0 Å². The third-order valence-corrected chi connectivity index (χ3v) is 4.11. The number of hydrazine groups is 1. The largest absolute Gasteiger partial charge is 0.350 e. The molecule has 0 saturated heterocycles. The number of hydrogen-bond acceptors (Lipinski definition) is 4. The third kappa shape index (κ3) is 2.75. The van der Waals surface area contributed by atoms with Crippen molar-refractivity contribution in [2.75, 3.05) is 0 Å². The molecule has 4 aromatic rings. The zero-order valence-electron chi connectivity index (χ0n) is 13.9. The van der Waals surface area contributed by atoms with Crippen LogP contribution in [0, 0.1) is 0 Å². The Morgan fingerprint density at radius 1 is 0.923 bits per heavy atom. The molecule has 2 aromatic heterocycles. The summed E-state index contributed by atoms with van der Waals surface area (Å²) in [7, 11) is 1.86. The van der Waals surface area contributed by atoms with Crippen molar-refractivity contribution in [2.24, 2.45) is 7.05 Å². The standard InChI is InChI=1S/C19H15N5O2/c1-24-11-13(12-6-2-5-9-17(12)24)18(25)22-23-19(26)16-10-20-14-7-3-4-8-15(14)21-16/h2-11H,1H3,(H,22,25)(H,23,26). The molecule has 7 heteroatoms. The second kappa shape index (κ2) is 6.29. The zero-order chi connectivity index (χ0) is 18.1. The number of nitrogens with one attached hydrogen (secondary N) is 2. The van der Waals surface area contributed by atoms with Gasteiger partial charge in [0.25, 0.3) is 11.8 Å². The molecule has 0 aliphatic carbocycles. The summed E-state index contributed by atoms with van der Waals surface area (Å²) in [5.74, 6) is -0.930. The molecule has 0 aliphatic heterocycles. The number of carbonyl (C=O) groups is 2. The first-order valence-corrected chi connectivity index (χ1v) is 8.00. The Hall–Kier alpha value is -3.74. The molecule has 2 N–H and O–H groups in total. The van der Waals surface area contributed by atoms with Crippen molar-refractivity contribution >= 4 is 33.8 Å². The van der Waals surface area contributed by atoms with Crippen molar-refractivity contribution in [3.63, 3.8) is 0 Å². The molecule has 0 radical (unpaired) electrons. The quantitative estimate of drug-likeness (QED) is 0.545. The van der Waals surface area contributed by atoms with Gasteiger partial charge in [-0.3, -0.25) is 25.4 Å². The Labute approximate surface area is 148 Å². The fourth-order valence-electron chi connectivity index (χ4n) is 2.83. The summed E-state index contributed by atoms with van der Waals surface area (Å²) in [5.41, 5.74) is 7.67. The van der Waals surface area contributed by atoms with Crippen molar-refractivity contribution in [1.82, 2.24) is 25.4 Å². The highest BCUT2D eigenvalue weighted by atomic mass is 16.2. The minimum atomic E-state index is -0.531. The monoisotopic (exact) mass is 345 g/mol. The van der Waals surface area contributed by atoms with Crippen molar-refractivity contribution in [1.29, 1.82) is 0 Å². The lowest BCUT2D eigenvalue weighted by Gasteiger charge is -2.06. The average Bonchev–Trinajstić information content (AvgIpc) is 3.02. The van der Waals surface area contributed by atoms with E-state index in [9.17, 15) is 9.59 Å². The van der Waals surface area contributed by atoms with Crippen molar-refractivity contribution in [3.05, 3.63) is 72.2 Å². The summed E-state index contributed by atoms with van der Waals surface area (Å²) >= 11 is 0. The fourth-order valence-corrected chi connectivity index (χ4v) is 2.83. The predicted octanol–water partition coefficient (Wildman–Crippen LogP) is 2.20. The van der Waals surface area contributed by atoms with Gasteiger partial charge in [0.15, 0.2) is 0 Å². The Balaban J connectivity index is 1.52. The summed E-state index contributed by atoms with van der Waals surface area (Å²) in [6.45, 7) is 0. The van der Waals surface area contributed by atoms with Crippen LogP contribution in [0.1, 0.15) is 20.8 Å². The van der Waals surface area contributed by atoms with E-state index in [4.69, 9.17) is 0 Å². The van der Waals surface area contributed by atoms with Gasteiger partial charge in [-0.1, -0.05) is 30.3 Å². The van der Waals surface area contributed by atoms with E-state index in [1.807, 2.05) is 54.1 Å². The summed E-state index contributed by atoms with van der Waals surface area (Å²) < 4.78 is 1.86. The smallest absolute Gasteiger partial charge is 0.289 e. The Bertz CT molecular complexity index is 1150. The van der Waals surface area contributed by atoms with Crippen LogP contribution in [0.4, 0.5) is 0 Å². The molecule has 0 fully saturated rings. The summed E-state index contributed by atoms with van der Waals surface area (Å²) in [6, 6.07) is 14.8. The lowest BCUT2D eigenvalue weighted by molar-refractivity contribution is 0.0844. The van der Waals surface area contributed by atoms with Crippen LogP contribution < -0.4 is 10.9 Å². The highest BCUT2D eigenvalue weighted by Crippen LogP contribution is 2.19. The topological polar surface area (TPSA) is 88.9 Å². The highest BCUT2D eigenvalue weighted by Gasteiger charge is 2.15. The summed E-state index contributed by atoms with van der Waals surface area (Å²) in [5, 5.41) is 0.812. The second-order valence-corrected chi connectivity index (χ2v) is 5.82. The maximum absolute atomic E-state index is 12.4. The van der Waals surface area contributed by atoms with E-state index in [0.29, 0.717) is 16.6 Å². The highest BCUT2D eigenvalue weighted by molar-refractivity contribution is 6.07. The molecule has 26 heavy (non-hydrogen) atoms. The van der Waals surface area contributed by atoms with Crippen LogP contribution >= 0.6 is 0 Å². The lowest BCUT2D eigenvalue weighted by Crippen LogP contribution is -2.42. The number of rotatable bonds is 2. The summed E-state index contributed by atoms with van der Waals surface area (Å²) in [4.78, 5) is 33.1. The zero-order valence-corrected chi connectivity index (χ0v) is 13.9. The SMILES string of the molecule is Cn1cc(C(=O)NNC(=O)c2cnc3ccccc3n2)c2ccccc21. The maximum atomic E-state index is 12.4. The molecule has 4 rings (SSSR count). The second-order valence-electron chi connectivity index (χ2n) is 5.82. The van der Waals surface area contributed by atoms with E-state index >= 15 is 0 Å². The van der Waals surface area contributed by atoms with E-state index in [2.05, 4.69) is 20.8 Å². The van der Waals surface area contributed by atoms with E-state index in [-0.39, 0.29) is 5.69 Å². The number of aryl methyl sites for hydroxylation is 1. The number of para-hydroxylation sites is 3. The summed E-state index contributed by atoms with van der Waals surface area (Å²) in [6.07, 6.45) is 3.10. The average molecular weight is 345 g/mol. The first kappa shape index (κ1) is 15.8. The number of hydrogen-bond donors (Lipinski definition) is 2. The number of carbonyl (C=O) groups excluding carboxylic acids is 2. The molecule has 0 saturated carbocycles.